The second kappa shape index (κ2) is 2.81. The van der Waals surface area contributed by atoms with Crippen LogP contribution >= 0.6 is 0 Å². The fourth-order valence-corrected chi connectivity index (χ4v) is 0.990. The highest BCUT2D eigenvalue weighted by Gasteiger charge is 2.48. The molecular weight excluding hydrogens is 174 g/mol. The SMILES string of the molecule is CN(C)C1(C)C(=O)NC(=O)NC1=O. The summed E-state index contributed by atoms with van der Waals surface area (Å²) < 4.78 is 0. The van der Waals surface area contributed by atoms with E-state index in [-0.39, 0.29) is 0 Å². The van der Waals surface area contributed by atoms with E-state index in [9.17, 15) is 14.4 Å². The van der Waals surface area contributed by atoms with Crippen LogP contribution in [0.3, 0.4) is 0 Å². The van der Waals surface area contributed by atoms with E-state index in [2.05, 4.69) is 0 Å². The molecule has 4 amide bonds. The van der Waals surface area contributed by atoms with E-state index in [4.69, 9.17) is 0 Å². The number of carbonyl (C=O) groups is 3. The molecule has 0 bridgehead atoms. The van der Waals surface area contributed by atoms with Gasteiger partial charge in [-0.15, -0.1) is 0 Å². The van der Waals surface area contributed by atoms with Crippen molar-refractivity contribution in [2.75, 3.05) is 14.1 Å². The molecule has 6 heteroatoms. The fourth-order valence-electron chi connectivity index (χ4n) is 0.990. The van der Waals surface area contributed by atoms with Crippen LogP contribution in [-0.4, -0.2) is 42.4 Å². The van der Waals surface area contributed by atoms with Crippen molar-refractivity contribution in [1.82, 2.24) is 15.5 Å². The van der Waals surface area contributed by atoms with E-state index >= 15 is 0 Å². The Bertz CT molecular complexity index is 265. The topological polar surface area (TPSA) is 78.5 Å². The fraction of sp³-hybridized carbons (Fsp3) is 0.571. The Kier molecular flexibility index (Phi) is 2.09. The first-order valence-electron chi connectivity index (χ1n) is 3.73. The van der Waals surface area contributed by atoms with Crippen LogP contribution in [0.15, 0.2) is 0 Å². The molecule has 0 spiro atoms. The number of nitrogens with one attached hydrogen (secondary N) is 2. The maximum Gasteiger partial charge on any atom is 0.328 e. The van der Waals surface area contributed by atoms with Crippen LogP contribution in [-0.2, 0) is 9.59 Å². The highest BCUT2D eigenvalue weighted by atomic mass is 16.2. The first-order chi connectivity index (χ1) is 5.89. The van der Waals surface area contributed by atoms with Gasteiger partial charge in [0.15, 0.2) is 5.54 Å². The van der Waals surface area contributed by atoms with Crippen molar-refractivity contribution < 1.29 is 14.4 Å². The van der Waals surface area contributed by atoms with Gasteiger partial charge in [0.1, 0.15) is 0 Å². The summed E-state index contributed by atoms with van der Waals surface area (Å²) in [6.45, 7) is 1.45. The van der Waals surface area contributed by atoms with Gasteiger partial charge in [-0.05, 0) is 21.0 Å². The number of hydrogen-bond donors (Lipinski definition) is 2. The second-order valence-electron chi connectivity index (χ2n) is 3.20. The number of amides is 4. The van der Waals surface area contributed by atoms with Gasteiger partial charge in [-0.2, -0.15) is 0 Å². The molecule has 0 atom stereocenters. The third kappa shape index (κ3) is 1.29. The summed E-state index contributed by atoms with van der Waals surface area (Å²) in [5.74, 6) is -1.21. The van der Waals surface area contributed by atoms with Crippen LogP contribution in [0.4, 0.5) is 4.79 Å². The van der Waals surface area contributed by atoms with Crippen molar-refractivity contribution in [2.24, 2.45) is 0 Å². The molecular formula is C7H11N3O3. The molecule has 0 aromatic rings. The summed E-state index contributed by atoms with van der Waals surface area (Å²) in [6, 6.07) is -0.769. The molecule has 1 rings (SSSR count). The highest BCUT2D eigenvalue weighted by molar-refractivity contribution is 6.22. The van der Waals surface area contributed by atoms with E-state index < -0.39 is 23.4 Å². The summed E-state index contributed by atoms with van der Waals surface area (Å²) in [5.41, 5.74) is -1.31. The van der Waals surface area contributed by atoms with E-state index in [1.54, 1.807) is 14.1 Å². The van der Waals surface area contributed by atoms with Gasteiger partial charge in [0, 0.05) is 0 Å². The standard InChI is InChI=1S/C7H11N3O3/c1-7(10(2)3)4(11)8-6(13)9-5(7)12/h1-3H3,(H2,8,9,11,12,13). The van der Waals surface area contributed by atoms with Gasteiger partial charge in [-0.25, -0.2) is 4.79 Å². The number of likely N-dealkylation sites (N-methyl/N-ethyl adjacent to an activating group) is 1. The molecule has 1 heterocycles. The number of nitrogens with zero attached hydrogens (tertiary/aromatic N) is 1. The first kappa shape index (κ1) is 9.66. The number of imide groups is 2. The minimum Gasteiger partial charge on any atom is -0.288 e. The zero-order chi connectivity index (χ0) is 10.2. The predicted molar refractivity (Wildman–Crippen MR) is 43.8 cm³/mol. The first-order valence-corrected chi connectivity index (χ1v) is 3.73. The van der Waals surface area contributed by atoms with Gasteiger partial charge in [-0.1, -0.05) is 0 Å². The molecule has 1 aliphatic rings. The molecule has 0 radical (unpaired) electrons. The van der Waals surface area contributed by atoms with Crippen LogP contribution in [0.25, 0.3) is 0 Å². The minimum atomic E-state index is -1.31. The highest BCUT2D eigenvalue weighted by Crippen LogP contribution is 2.14. The smallest absolute Gasteiger partial charge is 0.288 e. The average molecular weight is 185 g/mol. The Hall–Kier alpha value is -1.43. The van der Waals surface area contributed by atoms with Crippen LogP contribution in [0.2, 0.25) is 0 Å². The van der Waals surface area contributed by atoms with E-state index in [1.165, 1.54) is 11.8 Å². The van der Waals surface area contributed by atoms with Gasteiger partial charge in [0.05, 0.1) is 0 Å². The molecule has 1 fully saturated rings. The molecule has 13 heavy (non-hydrogen) atoms. The Labute approximate surface area is 75.3 Å². The predicted octanol–water partition coefficient (Wildman–Crippen LogP) is -1.33. The molecule has 0 aromatic carbocycles. The Morgan fingerprint density at radius 2 is 1.46 bits per heavy atom. The number of urea groups is 1. The summed E-state index contributed by atoms with van der Waals surface area (Å²) in [7, 11) is 3.18. The zero-order valence-electron chi connectivity index (χ0n) is 7.67. The lowest BCUT2D eigenvalue weighted by atomic mass is 9.97. The number of rotatable bonds is 1. The van der Waals surface area contributed by atoms with Gasteiger partial charge in [0.2, 0.25) is 0 Å². The largest absolute Gasteiger partial charge is 0.328 e. The molecule has 72 valence electrons. The molecule has 1 aliphatic heterocycles. The molecule has 0 saturated carbocycles. The normalized spacial score (nSPS) is 21.4. The van der Waals surface area contributed by atoms with Crippen LogP contribution in [0, 0.1) is 0 Å². The lowest BCUT2D eigenvalue weighted by Gasteiger charge is -2.35. The monoisotopic (exact) mass is 185 g/mol. The van der Waals surface area contributed by atoms with Crippen molar-refractivity contribution in [3.8, 4) is 0 Å². The lowest BCUT2D eigenvalue weighted by Crippen LogP contribution is -2.70. The maximum atomic E-state index is 11.3. The van der Waals surface area contributed by atoms with Crippen molar-refractivity contribution >= 4 is 17.8 Å². The number of carbonyl (C=O) groups excluding carboxylic acids is 3. The Morgan fingerprint density at radius 3 is 1.77 bits per heavy atom. The third-order valence-electron chi connectivity index (χ3n) is 2.23. The van der Waals surface area contributed by atoms with Gasteiger partial charge >= 0.3 is 6.03 Å². The zero-order valence-corrected chi connectivity index (χ0v) is 7.67. The molecule has 1 saturated heterocycles. The quantitative estimate of drug-likeness (QED) is 0.496. The Balaban J connectivity index is 3.03. The Morgan fingerprint density at radius 1 is 1.08 bits per heavy atom. The van der Waals surface area contributed by atoms with Gasteiger partial charge in [-0.3, -0.25) is 25.1 Å². The third-order valence-corrected chi connectivity index (χ3v) is 2.23. The summed E-state index contributed by atoms with van der Waals surface area (Å²) in [6.07, 6.45) is 0. The van der Waals surface area contributed by atoms with Crippen LogP contribution in [0.1, 0.15) is 6.92 Å². The van der Waals surface area contributed by atoms with Crippen LogP contribution < -0.4 is 10.6 Å². The van der Waals surface area contributed by atoms with E-state index in [1.807, 2.05) is 10.6 Å². The number of barbiturate groups is 1. The van der Waals surface area contributed by atoms with Crippen molar-refractivity contribution in [1.29, 1.82) is 0 Å². The average Bonchev–Trinajstić information content (AvgIpc) is 1.99. The van der Waals surface area contributed by atoms with Crippen molar-refractivity contribution in [3.63, 3.8) is 0 Å². The summed E-state index contributed by atoms with van der Waals surface area (Å²) in [5, 5.41) is 4.06. The molecule has 6 nitrogen and oxygen atoms in total. The second-order valence-corrected chi connectivity index (χ2v) is 3.20. The van der Waals surface area contributed by atoms with Crippen molar-refractivity contribution in [3.05, 3.63) is 0 Å². The van der Waals surface area contributed by atoms with Crippen LogP contribution in [0.5, 0.6) is 0 Å². The molecule has 2 N–H and O–H groups in total. The molecule has 0 aromatic heterocycles. The van der Waals surface area contributed by atoms with Crippen molar-refractivity contribution in [2.45, 2.75) is 12.5 Å². The molecule has 0 unspecified atom stereocenters. The summed E-state index contributed by atoms with van der Waals surface area (Å²) in [4.78, 5) is 34.8. The maximum absolute atomic E-state index is 11.3. The molecule has 0 aliphatic carbocycles. The minimum absolute atomic E-state index is 0.605. The summed E-state index contributed by atoms with van der Waals surface area (Å²) >= 11 is 0. The van der Waals surface area contributed by atoms with Gasteiger partial charge in [0.25, 0.3) is 11.8 Å². The number of hydrogen-bond acceptors (Lipinski definition) is 4. The van der Waals surface area contributed by atoms with E-state index in [0.29, 0.717) is 0 Å². The lowest BCUT2D eigenvalue weighted by molar-refractivity contribution is -0.144. The van der Waals surface area contributed by atoms with E-state index in [0.717, 1.165) is 0 Å². The van der Waals surface area contributed by atoms with Gasteiger partial charge < -0.3 is 0 Å².